The van der Waals surface area contributed by atoms with Gasteiger partial charge in [0.05, 0.1) is 22.2 Å². The van der Waals surface area contributed by atoms with E-state index in [-0.39, 0.29) is 5.75 Å². The highest BCUT2D eigenvalue weighted by atomic mass is 32.1. The number of imidazole rings is 1. The van der Waals surface area contributed by atoms with Crippen molar-refractivity contribution in [2.75, 3.05) is 7.04 Å². The highest BCUT2D eigenvalue weighted by molar-refractivity contribution is 7.71. The molecule has 0 bridgehead atoms. The van der Waals surface area contributed by atoms with Gasteiger partial charge < -0.3 is 14.7 Å². The fourth-order valence-corrected chi connectivity index (χ4v) is 1.30. The molecule has 0 aliphatic carbocycles. The third-order valence-electron chi connectivity index (χ3n) is 1.61. The van der Waals surface area contributed by atoms with Crippen molar-refractivity contribution < 1.29 is 8.85 Å². The number of nitrogens with one attached hydrogen (secondary N) is 2. The first-order chi connectivity index (χ1) is 6.94. The van der Waals surface area contributed by atoms with E-state index in [0.29, 0.717) is 4.77 Å². The number of rotatable bonds is 1. The molecule has 0 amide bonds. The van der Waals surface area contributed by atoms with Crippen LogP contribution in [0.5, 0.6) is 5.75 Å². The maximum absolute atomic E-state index is 6.96. The van der Waals surface area contributed by atoms with Gasteiger partial charge in [0.15, 0.2) is 4.77 Å². The fourth-order valence-electron chi connectivity index (χ4n) is 1.08. The summed E-state index contributed by atoms with van der Waals surface area (Å²) in [6.07, 6.45) is 0. The van der Waals surface area contributed by atoms with Crippen molar-refractivity contribution in [1.82, 2.24) is 9.97 Å². The SMILES string of the molecule is [2H]C([2H])([2H])Oc1ccc2[nH]c(=S)[nH]c2c1. The summed E-state index contributed by atoms with van der Waals surface area (Å²) in [5, 5.41) is 0. The van der Waals surface area contributed by atoms with Crippen molar-refractivity contribution in [3.8, 4) is 5.75 Å². The predicted octanol–water partition coefficient (Wildman–Crippen LogP) is 2.23. The molecule has 0 aliphatic heterocycles. The topological polar surface area (TPSA) is 40.8 Å². The molecule has 2 aromatic rings. The summed E-state index contributed by atoms with van der Waals surface area (Å²) >= 11 is 4.90. The van der Waals surface area contributed by atoms with Gasteiger partial charge in [0.25, 0.3) is 0 Å². The highest BCUT2D eigenvalue weighted by Crippen LogP contribution is 2.17. The van der Waals surface area contributed by atoms with Crippen LogP contribution in [0.3, 0.4) is 0 Å². The standard InChI is InChI=1S/C8H8N2OS/c1-11-5-2-3-6-7(4-5)10-8(12)9-6/h2-4H,1H3,(H2,9,10,12)/i1D3. The van der Waals surface area contributed by atoms with E-state index in [9.17, 15) is 0 Å². The lowest BCUT2D eigenvalue weighted by molar-refractivity contribution is 0.415. The van der Waals surface area contributed by atoms with Gasteiger partial charge >= 0.3 is 0 Å². The van der Waals surface area contributed by atoms with Crippen molar-refractivity contribution in [1.29, 1.82) is 0 Å². The molecule has 62 valence electrons. The van der Waals surface area contributed by atoms with Crippen molar-refractivity contribution in [2.45, 2.75) is 0 Å². The fraction of sp³-hybridized carbons (Fsp3) is 0.125. The molecule has 2 rings (SSSR count). The predicted molar refractivity (Wildman–Crippen MR) is 50.0 cm³/mol. The van der Waals surface area contributed by atoms with Gasteiger partial charge in [0.1, 0.15) is 5.75 Å². The van der Waals surface area contributed by atoms with E-state index in [0.717, 1.165) is 11.0 Å². The van der Waals surface area contributed by atoms with Crippen molar-refractivity contribution in [3.63, 3.8) is 0 Å². The number of methoxy groups -OCH3 is 1. The lowest BCUT2D eigenvalue weighted by Gasteiger charge is -1.96. The molecule has 3 nitrogen and oxygen atoms in total. The van der Waals surface area contributed by atoms with Crippen LogP contribution < -0.4 is 4.74 Å². The maximum atomic E-state index is 6.96. The number of aromatic nitrogens is 2. The van der Waals surface area contributed by atoms with E-state index in [2.05, 4.69) is 9.97 Å². The largest absolute Gasteiger partial charge is 0.497 e. The number of aromatic amines is 2. The molecule has 0 fully saturated rings. The Hall–Kier alpha value is -1.29. The summed E-state index contributed by atoms with van der Waals surface area (Å²) in [5.41, 5.74) is 1.54. The van der Waals surface area contributed by atoms with E-state index < -0.39 is 7.04 Å². The van der Waals surface area contributed by atoms with Gasteiger partial charge in [0, 0.05) is 6.07 Å². The summed E-state index contributed by atoms with van der Waals surface area (Å²) < 4.78 is 26.1. The van der Waals surface area contributed by atoms with Crippen LogP contribution in [0.25, 0.3) is 11.0 Å². The molecule has 0 aliphatic rings. The van der Waals surface area contributed by atoms with Crippen LogP contribution in [0.15, 0.2) is 18.2 Å². The van der Waals surface area contributed by atoms with Crippen LogP contribution in [-0.2, 0) is 0 Å². The maximum Gasteiger partial charge on any atom is 0.175 e. The third kappa shape index (κ3) is 1.10. The molecule has 0 radical (unpaired) electrons. The Labute approximate surface area is 78.6 Å². The molecule has 4 heteroatoms. The zero-order valence-corrected chi connectivity index (χ0v) is 6.87. The lowest BCUT2D eigenvalue weighted by atomic mass is 10.3. The van der Waals surface area contributed by atoms with Crippen molar-refractivity contribution in [2.24, 2.45) is 0 Å². The number of H-pyrrole nitrogens is 2. The summed E-state index contributed by atoms with van der Waals surface area (Å²) in [4.78, 5) is 5.79. The number of benzene rings is 1. The molecular formula is C8H8N2OS. The minimum atomic E-state index is -2.43. The molecule has 0 unspecified atom stereocenters. The van der Waals surface area contributed by atoms with Crippen LogP contribution in [0, 0.1) is 4.77 Å². The first kappa shape index (κ1) is 4.67. The van der Waals surface area contributed by atoms with Crippen LogP contribution in [-0.4, -0.2) is 17.0 Å². The Kier molecular flexibility index (Phi) is 1.03. The smallest absolute Gasteiger partial charge is 0.175 e. The van der Waals surface area contributed by atoms with Gasteiger partial charge in [-0.1, -0.05) is 0 Å². The quantitative estimate of drug-likeness (QED) is 0.666. The minimum absolute atomic E-state index is 0.285. The molecule has 1 heterocycles. The second kappa shape index (κ2) is 2.64. The van der Waals surface area contributed by atoms with Crippen LogP contribution >= 0.6 is 12.2 Å². The van der Waals surface area contributed by atoms with E-state index in [1.807, 2.05) is 0 Å². The van der Waals surface area contributed by atoms with Gasteiger partial charge in [-0.2, -0.15) is 0 Å². The Morgan fingerprint density at radius 3 is 3.08 bits per heavy atom. The van der Waals surface area contributed by atoms with Crippen molar-refractivity contribution >= 4 is 23.3 Å². The van der Waals surface area contributed by atoms with E-state index in [1.54, 1.807) is 18.2 Å². The molecular weight excluding hydrogens is 172 g/mol. The monoisotopic (exact) mass is 183 g/mol. The summed E-state index contributed by atoms with van der Waals surface area (Å²) in [5.74, 6) is 0.285. The van der Waals surface area contributed by atoms with Gasteiger partial charge in [-0.05, 0) is 24.4 Å². The number of fused-ring (bicyclic) bond motifs is 1. The molecule has 12 heavy (non-hydrogen) atoms. The average molecular weight is 183 g/mol. The van der Waals surface area contributed by atoms with Gasteiger partial charge in [-0.25, -0.2) is 0 Å². The van der Waals surface area contributed by atoms with E-state index >= 15 is 0 Å². The zero-order valence-electron chi connectivity index (χ0n) is 9.05. The van der Waals surface area contributed by atoms with Crippen LogP contribution in [0.4, 0.5) is 0 Å². The Bertz CT molecular complexity index is 543. The minimum Gasteiger partial charge on any atom is -0.497 e. The molecule has 1 aromatic heterocycles. The second-order valence-electron chi connectivity index (χ2n) is 2.39. The number of hydrogen-bond acceptors (Lipinski definition) is 2. The molecule has 1 aromatic carbocycles. The molecule has 0 spiro atoms. The molecule has 2 N–H and O–H groups in total. The van der Waals surface area contributed by atoms with E-state index in [4.69, 9.17) is 21.1 Å². The van der Waals surface area contributed by atoms with Crippen molar-refractivity contribution in [3.05, 3.63) is 23.0 Å². The number of hydrogen-bond donors (Lipinski definition) is 2. The molecule has 0 atom stereocenters. The summed E-state index contributed by atoms with van der Waals surface area (Å²) in [6, 6.07) is 4.88. The Morgan fingerprint density at radius 1 is 1.42 bits per heavy atom. The zero-order chi connectivity index (χ0) is 11.1. The van der Waals surface area contributed by atoms with Gasteiger partial charge in [-0.3, -0.25) is 0 Å². The Balaban J connectivity index is 2.42. The molecule has 0 saturated carbocycles. The number of ether oxygens (including phenoxy) is 1. The highest BCUT2D eigenvalue weighted by Gasteiger charge is 1.96. The van der Waals surface area contributed by atoms with Gasteiger partial charge in [-0.15, -0.1) is 0 Å². The second-order valence-corrected chi connectivity index (χ2v) is 2.80. The summed E-state index contributed by atoms with van der Waals surface area (Å²) in [6.45, 7) is 0. The lowest BCUT2D eigenvalue weighted by Crippen LogP contribution is -1.80. The van der Waals surface area contributed by atoms with Gasteiger partial charge in [0.2, 0.25) is 0 Å². The first-order valence-corrected chi connectivity index (χ1v) is 3.76. The van der Waals surface area contributed by atoms with E-state index in [1.165, 1.54) is 0 Å². The first-order valence-electron chi connectivity index (χ1n) is 4.85. The molecule has 0 saturated heterocycles. The summed E-state index contributed by atoms with van der Waals surface area (Å²) in [7, 11) is -2.43. The average Bonchev–Trinajstić information content (AvgIpc) is 2.40. The third-order valence-corrected chi connectivity index (χ3v) is 1.81. The normalized spacial score (nSPS) is 15.2. The Morgan fingerprint density at radius 2 is 2.25 bits per heavy atom. The van der Waals surface area contributed by atoms with Crippen LogP contribution in [0.2, 0.25) is 0 Å². The van der Waals surface area contributed by atoms with Crippen LogP contribution in [0.1, 0.15) is 4.11 Å².